The Hall–Kier alpha value is -1.82. The molecule has 1 saturated carbocycles. The Morgan fingerprint density at radius 1 is 0.829 bits per heavy atom. The average Bonchev–Trinajstić information content (AvgIpc) is 2.89. The van der Waals surface area contributed by atoms with Gasteiger partial charge in [-0.1, -0.05) is 55.7 Å². The maximum absolute atomic E-state index is 12.7. The van der Waals surface area contributed by atoms with Crippen molar-refractivity contribution in [3.63, 3.8) is 0 Å². The highest BCUT2D eigenvalue weighted by atomic mass is 35.5. The van der Waals surface area contributed by atoms with E-state index in [9.17, 15) is 4.79 Å². The van der Waals surface area contributed by atoms with E-state index in [1.807, 2.05) is 35.2 Å². The van der Waals surface area contributed by atoms with Crippen LogP contribution in [0.4, 0.5) is 0 Å². The number of hydrogen-bond acceptors (Lipinski definition) is 4. The fourth-order valence-electron chi connectivity index (χ4n) is 5.44. The fourth-order valence-corrected chi connectivity index (χ4v) is 5.44. The van der Waals surface area contributed by atoms with Crippen LogP contribution in [0.2, 0.25) is 0 Å². The standard InChI is InChI=1S/C29H43N3O2.ClH/c33-29(23-34-28-14-8-12-26-11-4-5-13-27(26)28)32-19-15-25(16-20-32)22-31-18-7-6-17-30-21-24-9-2-1-3-10-24;/h4-5,8,11-14,24-25,30-31H,1-3,6-7,9-10,15-23H2;1H. The molecular weight excluding hydrogens is 458 g/mol. The van der Waals surface area contributed by atoms with Crippen molar-refractivity contribution in [1.29, 1.82) is 0 Å². The lowest BCUT2D eigenvalue weighted by molar-refractivity contribution is -0.134. The molecule has 2 aromatic rings. The summed E-state index contributed by atoms with van der Waals surface area (Å²) in [7, 11) is 0. The predicted octanol–water partition coefficient (Wildman–Crippen LogP) is 5.42. The van der Waals surface area contributed by atoms with Gasteiger partial charge in [-0.3, -0.25) is 4.79 Å². The molecule has 35 heavy (non-hydrogen) atoms. The highest BCUT2D eigenvalue weighted by Crippen LogP contribution is 2.25. The molecule has 0 atom stereocenters. The molecule has 2 aromatic carbocycles. The highest BCUT2D eigenvalue weighted by Gasteiger charge is 2.23. The summed E-state index contributed by atoms with van der Waals surface area (Å²) >= 11 is 0. The number of nitrogens with one attached hydrogen (secondary N) is 2. The zero-order valence-electron chi connectivity index (χ0n) is 21.2. The normalized spacial score (nSPS) is 17.3. The first kappa shape index (κ1) is 27.8. The molecule has 2 N–H and O–H groups in total. The van der Waals surface area contributed by atoms with Gasteiger partial charge in [0, 0.05) is 18.5 Å². The Labute approximate surface area is 217 Å². The van der Waals surface area contributed by atoms with Gasteiger partial charge >= 0.3 is 0 Å². The number of carbonyl (C=O) groups excluding carboxylic acids is 1. The Kier molecular flexibility index (Phi) is 12.2. The zero-order chi connectivity index (χ0) is 23.4. The van der Waals surface area contributed by atoms with E-state index in [2.05, 4.69) is 22.8 Å². The summed E-state index contributed by atoms with van der Waals surface area (Å²) in [4.78, 5) is 14.7. The molecule has 6 heteroatoms. The Balaban J connectivity index is 0.00000342. The maximum Gasteiger partial charge on any atom is 0.260 e. The number of halogens is 1. The number of likely N-dealkylation sites (tertiary alicyclic amines) is 1. The van der Waals surface area contributed by atoms with E-state index in [4.69, 9.17) is 4.74 Å². The van der Waals surface area contributed by atoms with Crippen LogP contribution in [-0.2, 0) is 4.79 Å². The molecule has 1 saturated heterocycles. The number of amides is 1. The number of unbranched alkanes of at least 4 members (excludes halogenated alkanes) is 1. The summed E-state index contributed by atoms with van der Waals surface area (Å²) in [5.41, 5.74) is 0. The Bertz CT molecular complexity index is 874. The highest BCUT2D eigenvalue weighted by molar-refractivity contribution is 5.88. The number of fused-ring (bicyclic) bond motifs is 1. The van der Waals surface area contributed by atoms with Gasteiger partial charge in [-0.15, -0.1) is 12.4 Å². The van der Waals surface area contributed by atoms with Crippen molar-refractivity contribution in [3.8, 4) is 5.75 Å². The van der Waals surface area contributed by atoms with Gasteiger partial charge in [0.15, 0.2) is 6.61 Å². The van der Waals surface area contributed by atoms with Gasteiger partial charge in [-0.25, -0.2) is 0 Å². The SMILES string of the molecule is Cl.O=C(COc1cccc2ccccc12)N1CCC(CNCCCCNCC2CCCCC2)CC1. The number of hydrogen-bond donors (Lipinski definition) is 2. The van der Waals surface area contributed by atoms with Crippen molar-refractivity contribution >= 4 is 29.1 Å². The molecule has 0 aromatic heterocycles. The van der Waals surface area contributed by atoms with Gasteiger partial charge in [0.2, 0.25) is 0 Å². The van der Waals surface area contributed by atoms with E-state index in [1.165, 1.54) is 51.5 Å². The van der Waals surface area contributed by atoms with E-state index < -0.39 is 0 Å². The van der Waals surface area contributed by atoms with Gasteiger partial charge in [0.05, 0.1) is 0 Å². The molecule has 1 aliphatic heterocycles. The molecule has 2 aliphatic rings. The molecule has 1 heterocycles. The first-order valence-electron chi connectivity index (χ1n) is 13.6. The summed E-state index contributed by atoms with van der Waals surface area (Å²) < 4.78 is 5.91. The van der Waals surface area contributed by atoms with Crippen LogP contribution < -0.4 is 15.4 Å². The monoisotopic (exact) mass is 501 g/mol. The summed E-state index contributed by atoms with van der Waals surface area (Å²) in [6.07, 6.45) is 11.8. The minimum Gasteiger partial charge on any atom is -0.483 e. The molecule has 0 unspecified atom stereocenters. The van der Waals surface area contributed by atoms with Crippen molar-refractivity contribution in [2.75, 3.05) is 45.9 Å². The second-order valence-corrected chi connectivity index (χ2v) is 10.2. The Morgan fingerprint density at radius 3 is 2.17 bits per heavy atom. The van der Waals surface area contributed by atoms with E-state index in [1.54, 1.807) is 0 Å². The lowest BCUT2D eigenvalue weighted by Gasteiger charge is -2.32. The molecule has 1 amide bonds. The zero-order valence-corrected chi connectivity index (χ0v) is 22.0. The minimum atomic E-state index is 0. The van der Waals surface area contributed by atoms with Gasteiger partial charge < -0.3 is 20.3 Å². The third-order valence-electron chi connectivity index (χ3n) is 7.62. The van der Waals surface area contributed by atoms with Gasteiger partial charge in [-0.2, -0.15) is 0 Å². The summed E-state index contributed by atoms with van der Waals surface area (Å²) in [6.45, 7) is 6.35. The van der Waals surface area contributed by atoms with Crippen molar-refractivity contribution in [2.24, 2.45) is 11.8 Å². The fraction of sp³-hybridized carbons (Fsp3) is 0.621. The molecular formula is C29H44ClN3O2. The topological polar surface area (TPSA) is 53.6 Å². The number of nitrogens with zero attached hydrogens (tertiary/aromatic N) is 1. The number of carbonyl (C=O) groups is 1. The van der Waals surface area contributed by atoms with Crippen LogP contribution in [-0.4, -0.2) is 56.7 Å². The summed E-state index contributed by atoms with van der Waals surface area (Å²) in [6, 6.07) is 14.1. The van der Waals surface area contributed by atoms with Crippen molar-refractivity contribution in [2.45, 2.75) is 57.8 Å². The lowest BCUT2D eigenvalue weighted by Crippen LogP contribution is -2.42. The van der Waals surface area contributed by atoms with Gasteiger partial charge in [0.25, 0.3) is 5.91 Å². The number of piperidine rings is 1. The van der Waals surface area contributed by atoms with Crippen molar-refractivity contribution in [1.82, 2.24) is 15.5 Å². The van der Waals surface area contributed by atoms with Gasteiger partial charge in [-0.05, 0) is 88.0 Å². The second-order valence-electron chi connectivity index (χ2n) is 10.2. The predicted molar refractivity (Wildman–Crippen MR) is 148 cm³/mol. The molecule has 1 aliphatic carbocycles. The van der Waals surface area contributed by atoms with Crippen LogP contribution in [0, 0.1) is 11.8 Å². The molecule has 0 bridgehead atoms. The number of ether oxygens (including phenoxy) is 1. The number of benzene rings is 2. The molecule has 5 nitrogen and oxygen atoms in total. The quantitative estimate of drug-likeness (QED) is 0.381. The van der Waals surface area contributed by atoms with Crippen LogP contribution in [0.3, 0.4) is 0 Å². The summed E-state index contributed by atoms with van der Waals surface area (Å²) in [5.74, 6) is 2.48. The maximum atomic E-state index is 12.7. The molecule has 0 spiro atoms. The first-order valence-corrected chi connectivity index (χ1v) is 13.6. The van der Waals surface area contributed by atoms with Crippen molar-refractivity contribution in [3.05, 3.63) is 42.5 Å². The molecule has 2 fully saturated rings. The van der Waals surface area contributed by atoms with E-state index >= 15 is 0 Å². The first-order chi connectivity index (χ1) is 16.8. The molecule has 194 valence electrons. The summed E-state index contributed by atoms with van der Waals surface area (Å²) in [5, 5.41) is 9.51. The second kappa shape index (κ2) is 15.3. The third kappa shape index (κ3) is 8.96. The van der Waals surface area contributed by atoms with Crippen LogP contribution in [0.1, 0.15) is 57.8 Å². The minimum absolute atomic E-state index is 0. The van der Waals surface area contributed by atoms with Crippen LogP contribution in [0.15, 0.2) is 42.5 Å². The van der Waals surface area contributed by atoms with E-state index in [0.717, 1.165) is 68.0 Å². The number of rotatable bonds is 12. The van der Waals surface area contributed by atoms with Crippen LogP contribution in [0.25, 0.3) is 10.8 Å². The van der Waals surface area contributed by atoms with Crippen LogP contribution in [0.5, 0.6) is 5.75 Å². The van der Waals surface area contributed by atoms with E-state index in [0.29, 0.717) is 5.92 Å². The smallest absolute Gasteiger partial charge is 0.260 e. The van der Waals surface area contributed by atoms with Crippen LogP contribution >= 0.6 is 12.4 Å². The average molecular weight is 502 g/mol. The molecule has 4 rings (SSSR count). The lowest BCUT2D eigenvalue weighted by atomic mass is 9.89. The van der Waals surface area contributed by atoms with Gasteiger partial charge in [0.1, 0.15) is 5.75 Å². The molecule has 0 radical (unpaired) electrons. The van der Waals surface area contributed by atoms with Crippen molar-refractivity contribution < 1.29 is 9.53 Å². The van der Waals surface area contributed by atoms with E-state index in [-0.39, 0.29) is 24.9 Å². The largest absolute Gasteiger partial charge is 0.483 e. The third-order valence-corrected chi connectivity index (χ3v) is 7.62. The Morgan fingerprint density at radius 2 is 1.46 bits per heavy atom.